The first-order valence-corrected chi connectivity index (χ1v) is 8.47. The quantitative estimate of drug-likeness (QED) is 0.842. The molecule has 3 nitrogen and oxygen atoms in total. The molecule has 2 aromatic rings. The predicted octanol–water partition coefficient (Wildman–Crippen LogP) is 3.23. The van der Waals surface area contributed by atoms with E-state index in [1.165, 1.54) is 23.3 Å². The second-order valence-electron chi connectivity index (χ2n) is 6.27. The van der Waals surface area contributed by atoms with Crippen LogP contribution in [0.1, 0.15) is 23.6 Å². The summed E-state index contributed by atoms with van der Waals surface area (Å²) >= 11 is 0. The minimum absolute atomic E-state index is 0.141. The lowest BCUT2D eigenvalue weighted by molar-refractivity contribution is -0.133. The first-order chi connectivity index (χ1) is 11.7. The van der Waals surface area contributed by atoms with Gasteiger partial charge in [0.2, 0.25) is 5.91 Å². The number of halogens is 1. The average Bonchev–Trinajstić information content (AvgIpc) is 2.60. The SMILES string of the molecule is CCN(CC(=O)N1CCc2ccccc2C1)Cc1cccc(F)c1. The fourth-order valence-corrected chi connectivity index (χ4v) is 3.17. The third kappa shape index (κ3) is 4.01. The normalized spacial score (nSPS) is 13.9. The second-order valence-corrected chi connectivity index (χ2v) is 6.27. The largest absolute Gasteiger partial charge is 0.337 e. The minimum atomic E-state index is -0.234. The van der Waals surface area contributed by atoms with E-state index >= 15 is 0 Å². The number of carbonyl (C=O) groups is 1. The van der Waals surface area contributed by atoms with Crippen molar-refractivity contribution in [2.24, 2.45) is 0 Å². The summed E-state index contributed by atoms with van der Waals surface area (Å²) in [7, 11) is 0. The molecule has 0 atom stereocenters. The molecule has 0 radical (unpaired) electrons. The summed E-state index contributed by atoms with van der Waals surface area (Å²) in [5.74, 6) is -0.0923. The van der Waals surface area contributed by atoms with Crippen LogP contribution in [0, 0.1) is 5.82 Å². The molecular formula is C20H23FN2O. The summed E-state index contributed by atoms with van der Waals surface area (Å²) < 4.78 is 13.3. The molecule has 0 aromatic heterocycles. The van der Waals surface area contributed by atoms with Gasteiger partial charge < -0.3 is 4.90 Å². The van der Waals surface area contributed by atoms with Crippen molar-refractivity contribution in [1.82, 2.24) is 9.80 Å². The summed E-state index contributed by atoms with van der Waals surface area (Å²) in [5.41, 5.74) is 3.48. The Morgan fingerprint density at radius 3 is 2.71 bits per heavy atom. The maximum absolute atomic E-state index is 13.3. The van der Waals surface area contributed by atoms with Crippen LogP contribution in [-0.4, -0.2) is 35.3 Å². The van der Waals surface area contributed by atoms with Crippen molar-refractivity contribution in [1.29, 1.82) is 0 Å². The van der Waals surface area contributed by atoms with Gasteiger partial charge in [-0.2, -0.15) is 0 Å². The summed E-state index contributed by atoms with van der Waals surface area (Å²) in [6.07, 6.45) is 0.915. The zero-order valence-corrected chi connectivity index (χ0v) is 14.0. The molecule has 1 heterocycles. The van der Waals surface area contributed by atoms with Crippen molar-refractivity contribution in [3.8, 4) is 0 Å². The van der Waals surface area contributed by atoms with Gasteiger partial charge in [0.1, 0.15) is 5.82 Å². The van der Waals surface area contributed by atoms with Crippen LogP contribution in [0.5, 0.6) is 0 Å². The van der Waals surface area contributed by atoms with Gasteiger partial charge in [0.15, 0.2) is 0 Å². The van der Waals surface area contributed by atoms with Crippen LogP contribution in [0.4, 0.5) is 4.39 Å². The Labute approximate surface area is 142 Å². The molecule has 4 heteroatoms. The molecule has 1 amide bonds. The highest BCUT2D eigenvalue weighted by molar-refractivity contribution is 5.78. The van der Waals surface area contributed by atoms with E-state index in [4.69, 9.17) is 0 Å². The Morgan fingerprint density at radius 2 is 1.96 bits per heavy atom. The molecule has 1 aliphatic rings. The van der Waals surface area contributed by atoms with Crippen molar-refractivity contribution in [3.63, 3.8) is 0 Å². The van der Waals surface area contributed by atoms with Gasteiger partial charge in [0.05, 0.1) is 6.54 Å². The standard InChI is InChI=1S/C20H23FN2O/c1-2-22(13-16-6-5-9-19(21)12-16)15-20(24)23-11-10-17-7-3-4-8-18(17)14-23/h3-9,12H,2,10-11,13-15H2,1H3. The van der Waals surface area contributed by atoms with Crippen molar-refractivity contribution >= 4 is 5.91 Å². The zero-order valence-electron chi connectivity index (χ0n) is 14.0. The first-order valence-electron chi connectivity index (χ1n) is 8.47. The fourth-order valence-electron chi connectivity index (χ4n) is 3.17. The summed E-state index contributed by atoms with van der Waals surface area (Å²) in [6, 6.07) is 14.9. The lowest BCUT2D eigenvalue weighted by Gasteiger charge is -2.31. The number of hydrogen-bond donors (Lipinski definition) is 0. The molecule has 0 fully saturated rings. The molecular weight excluding hydrogens is 303 g/mol. The molecule has 2 aromatic carbocycles. The van der Waals surface area contributed by atoms with Crippen LogP contribution >= 0.6 is 0 Å². The third-order valence-corrected chi connectivity index (χ3v) is 4.58. The molecule has 24 heavy (non-hydrogen) atoms. The van der Waals surface area contributed by atoms with Crippen LogP contribution in [0.15, 0.2) is 48.5 Å². The Hall–Kier alpha value is -2.20. The van der Waals surface area contributed by atoms with Crippen molar-refractivity contribution in [3.05, 3.63) is 71.0 Å². The van der Waals surface area contributed by atoms with Crippen LogP contribution in [0.2, 0.25) is 0 Å². The molecule has 0 saturated heterocycles. The molecule has 3 rings (SSSR count). The average molecular weight is 326 g/mol. The lowest BCUT2D eigenvalue weighted by atomic mass is 10.00. The van der Waals surface area contributed by atoms with Gasteiger partial charge in [0.25, 0.3) is 0 Å². The first kappa shape index (κ1) is 16.7. The van der Waals surface area contributed by atoms with Gasteiger partial charge >= 0.3 is 0 Å². The van der Waals surface area contributed by atoms with Crippen molar-refractivity contribution < 1.29 is 9.18 Å². The number of amides is 1. The van der Waals surface area contributed by atoms with Crippen LogP contribution < -0.4 is 0 Å². The molecule has 0 unspecified atom stereocenters. The van der Waals surface area contributed by atoms with Gasteiger partial charge in [-0.3, -0.25) is 9.69 Å². The third-order valence-electron chi connectivity index (χ3n) is 4.58. The van der Waals surface area contributed by atoms with Crippen LogP contribution in [0.25, 0.3) is 0 Å². The highest BCUT2D eigenvalue weighted by Gasteiger charge is 2.21. The minimum Gasteiger partial charge on any atom is -0.337 e. The number of nitrogens with zero attached hydrogens (tertiary/aromatic N) is 2. The van der Waals surface area contributed by atoms with E-state index in [0.717, 1.165) is 25.1 Å². The predicted molar refractivity (Wildman–Crippen MR) is 92.9 cm³/mol. The van der Waals surface area contributed by atoms with Gasteiger partial charge in [-0.1, -0.05) is 43.3 Å². The van der Waals surface area contributed by atoms with E-state index in [9.17, 15) is 9.18 Å². The van der Waals surface area contributed by atoms with E-state index in [-0.39, 0.29) is 11.7 Å². The van der Waals surface area contributed by atoms with Crippen LogP contribution in [0.3, 0.4) is 0 Å². The molecule has 0 bridgehead atoms. The number of hydrogen-bond acceptors (Lipinski definition) is 2. The highest BCUT2D eigenvalue weighted by atomic mass is 19.1. The lowest BCUT2D eigenvalue weighted by Crippen LogP contribution is -2.42. The molecule has 0 spiro atoms. The number of carbonyl (C=O) groups excluding carboxylic acids is 1. The molecule has 0 saturated carbocycles. The fraction of sp³-hybridized carbons (Fsp3) is 0.350. The highest BCUT2D eigenvalue weighted by Crippen LogP contribution is 2.18. The van der Waals surface area contributed by atoms with E-state index in [1.807, 2.05) is 30.0 Å². The van der Waals surface area contributed by atoms with E-state index in [2.05, 4.69) is 17.0 Å². The van der Waals surface area contributed by atoms with Gasteiger partial charge in [-0.25, -0.2) is 4.39 Å². The van der Waals surface area contributed by atoms with E-state index in [1.54, 1.807) is 6.07 Å². The van der Waals surface area contributed by atoms with Gasteiger partial charge in [-0.15, -0.1) is 0 Å². The Bertz CT molecular complexity index is 716. The topological polar surface area (TPSA) is 23.6 Å². The number of likely N-dealkylation sites (N-methyl/N-ethyl adjacent to an activating group) is 1. The van der Waals surface area contributed by atoms with Crippen molar-refractivity contribution in [2.75, 3.05) is 19.6 Å². The van der Waals surface area contributed by atoms with E-state index < -0.39 is 0 Å². The number of benzene rings is 2. The second kappa shape index (κ2) is 7.58. The summed E-state index contributed by atoms with van der Waals surface area (Å²) in [5, 5.41) is 0. The van der Waals surface area contributed by atoms with E-state index in [0.29, 0.717) is 19.6 Å². The summed E-state index contributed by atoms with van der Waals surface area (Å²) in [6.45, 7) is 5.20. The monoisotopic (exact) mass is 326 g/mol. The van der Waals surface area contributed by atoms with Gasteiger partial charge in [-0.05, 0) is 41.8 Å². The molecule has 0 aliphatic carbocycles. The van der Waals surface area contributed by atoms with Crippen molar-refractivity contribution in [2.45, 2.75) is 26.4 Å². The number of rotatable bonds is 5. The Balaban J connectivity index is 1.61. The summed E-state index contributed by atoms with van der Waals surface area (Å²) in [4.78, 5) is 16.6. The van der Waals surface area contributed by atoms with Crippen LogP contribution in [-0.2, 0) is 24.3 Å². The maximum Gasteiger partial charge on any atom is 0.237 e. The molecule has 0 N–H and O–H groups in total. The van der Waals surface area contributed by atoms with Gasteiger partial charge in [0, 0.05) is 19.6 Å². The zero-order chi connectivity index (χ0) is 16.9. The molecule has 126 valence electrons. The smallest absolute Gasteiger partial charge is 0.237 e. The Kier molecular flexibility index (Phi) is 5.26. The molecule has 1 aliphatic heterocycles. The number of fused-ring (bicyclic) bond motifs is 1. The Morgan fingerprint density at radius 1 is 1.17 bits per heavy atom. The maximum atomic E-state index is 13.3.